The van der Waals surface area contributed by atoms with Crippen molar-refractivity contribution < 1.29 is 14.7 Å². The molecule has 0 saturated carbocycles. The lowest BCUT2D eigenvalue weighted by atomic mass is 10.00. The molecular weight excluding hydrogens is 380 g/mol. The normalized spacial score (nSPS) is 10.0. The lowest BCUT2D eigenvalue weighted by Crippen LogP contribution is -2.31. The number of Topliss-reactive ketones (excluding diaryl/α,β-unsaturated/α-hetero) is 1. The maximum atomic E-state index is 12.5. The van der Waals surface area contributed by atoms with Crippen LogP contribution in [0, 0.1) is 0 Å². The van der Waals surface area contributed by atoms with Gasteiger partial charge in [-0.15, -0.1) is 0 Å². The molecule has 0 amide bonds. The Morgan fingerprint density at radius 3 is 2.00 bits per heavy atom. The summed E-state index contributed by atoms with van der Waals surface area (Å²) in [5, 5.41) is 8.93. The molecule has 0 aliphatic rings. The molecule has 0 bridgehead atoms. The van der Waals surface area contributed by atoms with Gasteiger partial charge in [0.05, 0.1) is 5.69 Å². The lowest BCUT2D eigenvalue weighted by Gasteiger charge is -2.13. The maximum Gasteiger partial charge on any atom is 0.323 e. The van der Waals surface area contributed by atoms with E-state index in [0.717, 1.165) is 10.1 Å². The van der Waals surface area contributed by atoms with Gasteiger partial charge < -0.3 is 15.4 Å². The molecule has 0 radical (unpaired) electrons. The van der Waals surface area contributed by atoms with E-state index in [1.807, 2.05) is 73.7 Å². The molecule has 0 saturated heterocycles. The second-order valence-electron chi connectivity index (χ2n) is 6.69. The summed E-state index contributed by atoms with van der Waals surface area (Å²) in [6, 6.07) is 21.5. The van der Waals surface area contributed by atoms with Crippen molar-refractivity contribution in [2.45, 2.75) is 32.7 Å². The smallest absolute Gasteiger partial charge is 0.323 e. The van der Waals surface area contributed by atoms with E-state index in [4.69, 9.17) is 10.8 Å². The van der Waals surface area contributed by atoms with Crippen LogP contribution in [-0.2, 0) is 24.2 Å². The number of benzene rings is 2. The largest absolute Gasteiger partial charge is 0.480 e. The minimum absolute atomic E-state index is 0.105. The molecule has 3 rings (SSSR count). The van der Waals surface area contributed by atoms with Crippen LogP contribution in [0.15, 0.2) is 77.7 Å². The number of anilines is 1. The number of rotatable bonds is 7. The summed E-state index contributed by atoms with van der Waals surface area (Å²) in [6.45, 7) is 1.34. The van der Waals surface area contributed by atoms with E-state index >= 15 is 0 Å². The fourth-order valence-electron chi connectivity index (χ4n) is 2.96. The van der Waals surface area contributed by atoms with Gasteiger partial charge in [0.2, 0.25) is 0 Å². The van der Waals surface area contributed by atoms with E-state index in [0.29, 0.717) is 18.4 Å². The van der Waals surface area contributed by atoms with Crippen molar-refractivity contribution in [3.63, 3.8) is 0 Å². The summed E-state index contributed by atoms with van der Waals surface area (Å²) in [5.41, 5.74) is 6.97. The summed E-state index contributed by atoms with van der Waals surface area (Å²) in [6.07, 6.45) is 2.56. The molecule has 156 valence electrons. The molecule has 1 heterocycles. The number of carbonyl (C=O) groups is 2. The van der Waals surface area contributed by atoms with Gasteiger partial charge in [-0.1, -0.05) is 73.7 Å². The van der Waals surface area contributed by atoms with Gasteiger partial charge in [-0.05, 0) is 24.0 Å². The van der Waals surface area contributed by atoms with Crippen LogP contribution >= 0.6 is 0 Å². The first-order valence-electron chi connectivity index (χ1n) is 9.74. The highest BCUT2D eigenvalue weighted by Gasteiger charge is 2.20. The number of pyridine rings is 1. The van der Waals surface area contributed by atoms with Crippen LogP contribution in [0.5, 0.6) is 0 Å². The standard InChI is InChI=1S/C18H20N2O4.C6H6/c1-2-13-10-20(11-15(22)23)18(24)16(17(13)19)14(21)9-8-12-6-4-3-5-7-12;1-2-4-6-5-3-1/h3-7,10H,2,8-9,11,19H2,1H3,(H,22,23);1-6H. The molecule has 0 aliphatic carbocycles. The third kappa shape index (κ3) is 6.44. The van der Waals surface area contributed by atoms with Crippen molar-refractivity contribution in [3.05, 3.63) is 100.0 Å². The Labute approximate surface area is 175 Å². The fraction of sp³-hybridized carbons (Fsp3) is 0.208. The molecule has 0 aliphatic heterocycles. The number of carbonyl (C=O) groups excluding carboxylic acids is 1. The molecule has 0 fully saturated rings. The van der Waals surface area contributed by atoms with Crippen molar-refractivity contribution in [3.8, 4) is 0 Å². The number of nitrogens with zero attached hydrogens (tertiary/aromatic N) is 1. The Morgan fingerprint density at radius 2 is 1.50 bits per heavy atom. The predicted molar refractivity (Wildman–Crippen MR) is 118 cm³/mol. The highest BCUT2D eigenvalue weighted by molar-refractivity contribution is 6.01. The number of carboxylic acids is 1. The highest BCUT2D eigenvalue weighted by atomic mass is 16.4. The van der Waals surface area contributed by atoms with Gasteiger partial charge in [-0.25, -0.2) is 0 Å². The van der Waals surface area contributed by atoms with Crippen molar-refractivity contribution in [1.82, 2.24) is 4.57 Å². The Kier molecular flexibility index (Phi) is 8.56. The van der Waals surface area contributed by atoms with Crippen molar-refractivity contribution in [1.29, 1.82) is 0 Å². The van der Waals surface area contributed by atoms with Crippen LogP contribution in [0.2, 0.25) is 0 Å². The van der Waals surface area contributed by atoms with E-state index in [1.54, 1.807) is 0 Å². The number of carboxylic acid groups (broad SMARTS) is 1. The summed E-state index contributed by atoms with van der Waals surface area (Å²) in [4.78, 5) is 35.9. The number of hydrogen-bond donors (Lipinski definition) is 2. The molecule has 0 unspecified atom stereocenters. The van der Waals surface area contributed by atoms with Crippen LogP contribution < -0.4 is 11.3 Å². The minimum atomic E-state index is -1.15. The Bertz CT molecular complexity index is 1000. The zero-order valence-electron chi connectivity index (χ0n) is 17.0. The second kappa shape index (κ2) is 11.4. The fourth-order valence-corrected chi connectivity index (χ4v) is 2.96. The van der Waals surface area contributed by atoms with Gasteiger partial charge in [-0.2, -0.15) is 0 Å². The third-order valence-corrected chi connectivity index (χ3v) is 4.52. The van der Waals surface area contributed by atoms with Crippen LogP contribution in [0.3, 0.4) is 0 Å². The second-order valence-corrected chi connectivity index (χ2v) is 6.69. The van der Waals surface area contributed by atoms with Gasteiger partial charge in [0.25, 0.3) is 5.56 Å². The molecule has 6 nitrogen and oxygen atoms in total. The van der Waals surface area contributed by atoms with E-state index in [9.17, 15) is 14.4 Å². The van der Waals surface area contributed by atoms with Gasteiger partial charge in [0, 0.05) is 12.6 Å². The highest BCUT2D eigenvalue weighted by Crippen LogP contribution is 2.17. The van der Waals surface area contributed by atoms with E-state index in [-0.39, 0.29) is 23.5 Å². The molecule has 0 atom stereocenters. The first kappa shape index (κ1) is 22.6. The SMILES string of the molecule is CCc1cn(CC(=O)O)c(=O)c(C(=O)CCc2ccccc2)c1N.c1ccccc1. The Balaban J connectivity index is 0.000000456. The molecule has 3 aromatic rings. The number of aliphatic carboxylic acids is 1. The van der Waals surface area contributed by atoms with E-state index < -0.39 is 18.1 Å². The van der Waals surface area contributed by atoms with Gasteiger partial charge in [0.15, 0.2) is 5.78 Å². The molecular formula is C24H26N2O4. The summed E-state index contributed by atoms with van der Waals surface area (Å²) in [7, 11) is 0. The lowest BCUT2D eigenvalue weighted by molar-refractivity contribution is -0.137. The molecule has 0 spiro atoms. The van der Waals surface area contributed by atoms with Crippen molar-refractivity contribution in [2.24, 2.45) is 0 Å². The molecule has 3 N–H and O–H groups in total. The molecule has 2 aromatic carbocycles. The first-order chi connectivity index (χ1) is 14.4. The predicted octanol–water partition coefficient (Wildman–Crippen LogP) is 3.58. The summed E-state index contributed by atoms with van der Waals surface area (Å²) in [5.74, 6) is -1.51. The van der Waals surface area contributed by atoms with E-state index in [1.165, 1.54) is 6.20 Å². The van der Waals surface area contributed by atoms with Crippen LogP contribution in [0.4, 0.5) is 5.69 Å². The van der Waals surface area contributed by atoms with Gasteiger partial charge in [-0.3, -0.25) is 14.4 Å². The average Bonchev–Trinajstić information content (AvgIpc) is 2.76. The number of aromatic nitrogens is 1. The number of hydrogen-bond acceptors (Lipinski definition) is 4. The van der Waals surface area contributed by atoms with Crippen molar-refractivity contribution in [2.75, 3.05) is 5.73 Å². The maximum absolute atomic E-state index is 12.5. The molecule has 6 heteroatoms. The minimum Gasteiger partial charge on any atom is -0.480 e. The van der Waals surface area contributed by atoms with E-state index in [2.05, 4.69) is 0 Å². The van der Waals surface area contributed by atoms with Crippen LogP contribution in [-0.4, -0.2) is 21.4 Å². The third-order valence-electron chi connectivity index (χ3n) is 4.52. The number of nitrogens with two attached hydrogens (primary N) is 1. The van der Waals surface area contributed by atoms with Crippen molar-refractivity contribution >= 4 is 17.4 Å². The van der Waals surface area contributed by atoms with Gasteiger partial charge >= 0.3 is 5.97 Å². The number of ketones is 1. The summed E-state index contributed by atoms with van der Waals surface area (Å²) >= 11 is 0. The van der Waals surface area contributed by atoms with Crippen LogP contribution in [0.1, 0.15) is 34.8 Å². The molecule has 1 aromatic heterocycles. The average molecular weight is 406 g/mol. The van der Waals surface area contributed by atoms with Crippen LogP contribution in [0.25, 0.3) is 0 Å². The quantitative estimate of drug-likeness (QED) is 0.584. The first-order valence-corrected chi connectivity index (χ1v) is 9.74. The Morgan fingerprint density at radius 1 is 0.967 bits per heavy atom. The zero-order chi connectivity index (χ0) is 21.9. The number of aryl methyl sites for hydroxylation is 2. The topological polar surface area (TPSA) is 102 Å². The number of nitrogen functional groups attached to an aromatic ring is 1. The monoisotopic (exact) mass is 406 g/mol. The zero-order valence-corrected chi connectivity index (χ0v) is 17.0. The molecule has 30 heavy (non-hydrogen) atoms. The summed E-state index contributed by atoms with van der Waals surface area (Å²) < 4.78 is 1.03. The van der Waals surface area contributed by atoms with Gasteiger partial charge in [0.1, 0.15) is 12.1 Å². The Hall–Kier alpha value is -3.67.